The van der Waals surface area contributed by atoms with E-state index in [1.165, 1.54) is 33.5 Å². The molecule has 48 heavy (non-hydrogen) atoms. The molecule has 7 unspecified atom stereocenters. The van der Waals surface area contributed by atoms with Gasteiger partial charge in [0.15, 0.2) is 24.1 Å². The molecule has 0 radical (unpaired) electrons. The van der Waals surface area contributed by atoms with E-state index in [4.69, 9.17) is 28.4 Å². The van der Waals surface area contributed by atoms with Gasteiger partial charge in [0.25, 0.3) is 5.91 Å². The van der Waals surface area contributed by atoms with Gasteiger partial charge in [-0.3, -0.25) is 9.59 Å². The molecule has 10 atom stereocenters. The molecule has 0 aromatic heterocycles. The van der Waals surface area contributed by atoms with Crippen molar-refractivity contribution in [2.24, 2.45) is 0 Å². The summed E-state index contributed by atoms with van der Waals surface area (Å²) >= 11 is 0. The van der Waals surface area contributed by atoms with Gasteiger partial charge in [-0.2, -0.15) is 0 Å². The molecule has 0 bridgehead atoms. The number of nitrogens with one attached hydrogen (secondary N) is 1. The summed E-state index contributed by atoms with van der Waals surface area (Å²) in [5.74, 6) is -1.44. The Hall–Kier alpha value is -2.84. The normalized spacial score (nSPS) is 30.4. The zero-order valence-electron chi connectivity index (χ0n) is 27.3. The Morgan fingerprint density at radius 1 is 0.771 bits per heavy atom. The van der Waals surface area contributed by atoms with Crippen LogP contribution in [0.15, 0.2) is 12.1 Å². The highest BCUT2D eigenvalue weighted by molar-refractivity contribution is 5.95. The molecule has 8 N–H and O–H groups in total. The molecular formula is C31H49NO16. The fraction of sp³-hybridized carbons (Fsp3) is 0.742. The third-order valence-electron chi connectivity index (χ3n) is 8.32. The van der Waals surface area contributed by atoms with Gasteiger partial charge in [-0.1, -0.05) is 25.7 Å². The standard InChI is InChI=1S/C31H49NO16/c1-42-17-12-16(13-18(43-2)23(17)36)29(41)32-22-25(38)28(48-31-27(40)26(39)24(37)19(14-33)46-31)20(15-34)47-30(22)45-11-9-7-5-4-6-8-10-21(35)44-3/h12-13,19-20,22,24-28,30-31,33-34,36-40H,4-11,14-15H2,1-3H3,(H,32,41)/t19?,20?,22?,24-,25?,26?,27?,28+,30-,31?/m1/s1. The van der Waals surface area contributed by atoms with Crippen LogP contribution in [0.4, 0.5) is 0 Å². The molecule has 2 aliphatic heterocycles. The zero-order valence-corrected chi connectivity index (χ0v) is 27.3. The number of amides is 1. The number of phenols is 1. The van der Waals surface area contributed by atoms with Crippen LogP contribution < -0.4 is 14.8 Å². The third-order valence-corrected chi connectivity index (χ3v) is 8.32. The Bertz CT molecular complexity index is 1130. The summed E-state index contributed by atoms with van der Waals surface area (Å²) in [6, 6.07) is 1.17. The van der Waals surface area contributed by atoms with Gasteiger partial charge in [0.2, 0.25) is 5.75 Å². The van der Waals surface area contributed by atoms with E-state index in [-0.39, 0.29) is 35.4 Å². The van der Waals surface area contributed by atoms with E-state index in [9.17, 15) is 45.3 Å². The van der Waals surface area contributed by atoms with Crippen LogP contribution in [0.3, 0.4) is 0 Å². The van der Waals surface area contributed by atoms with Crippen LogP contribution in [-0.2, 0) is 28.5 Å². The average molecular weight is 692 g/mol. The lowest BCUT2D eigenvalue weighted by Crippen LogP contribution is -2.67. The second-order valence-electron chi connectivity index (χ2n) is 11.6. The number of esters is 1. The predicted molar refractivity (Wildman–Crippen MR) is 163 cm³/mol. The van der Waals surface area contributed by atoms with Crippen molar-refractivity contribution >= 4 is 11.9 Å². The summed E-state index contributed by atoms with van der Waals surface area (Å²) in [6.07, 6.45) is -8.81. The monoisotopic (exact) mass is 691 g/mol. The maximum Gasteiger partial charge on any atom is 0.305 e. The second kappa shape index (κ2) is 19.4. The van der Waals surface area contributed by atoms with Gasteiger partial charge >= 0.3 is 5.97 Å². The van der Waals surface area contributed by atoms with E-state index in [0.29, 0.717) is 12.8 Å². The maximum absolute atomic E-state index is 13.5. The number of hydrogen-bond acceptors (Lipinski definition) is 16. The molecule has 17 nitrogen and oxygen atoms in total. The summed E-state index contributed by atoms with van der Waals surface area (Å²) < 4.78 is 38.0. The molecule has 0 aliphatic carbocycles. The van der Waals surface area contributed by atoms with E-state index >= 15 is 0 Å². The summed E-state index contributed by atoms with van der Waals surface area (Å²) in [5, 5.41) is 75.0. The smallest absolute Gasteiger partial charge is 0.305 e. The van der Waals surface area contributed by atoms with Crippen molar-refractivity contribution in [1.29, 1.82) is 0 Å². The van der Waals surface area contributed by atoms with Crippen LogP contribution in [0.1, 0.15) is 55.3 Å². The highest BCUT2D eigenvalue weighted by Gasteiger charge is 2.51. The van der Waals surface area contributed by atoms with Gasteiger partial charge in [-0.05, 0) is 25.0 Å². The van der Waals surface area contributed by atoms with Gasteiger partial charge in [0, 0.05) is 18.6 Å². The summed E-state index contributed by atoms with van der Waals surface area (Å²) in [5.41, 5.74) is -0.0182. The van der Waals surface area contributed by atoms with Gasteiger partial charge in [-0.25, -0.2) is 0 Å². The first-order valence-corrected chi connectivity index (χ1v) is 15.9. The highest BCUT2D eigenvalue weighted by Crippen LogP contribution is 2.37. The lowest BCUT2D eigenvalue weighted by molar-refractivity contribution is -0.348. The van der Waals surface area contributed by atoms with Crippen LogP contribution in [0.25, 0.3) is 0 Å². The summed E-state index contributed by atoms with van der Waals surface area (Å²) in [7, 11) is 3.93. The molecule has 0 spiro atoms. The molecule has 2 saturated heterocycles. The Labute approximate surface area is 278 Å². The minimum absolute atomic E-state index is 0.0182. The fourth-order valence-corrected chi connectivity index (χ4v) is 5.51. The van der Waals surface area contributed by atoms with Gasteiger partial charge in [0.1, 0.15) is 48.8 Å². The van der Waals surface area contributed by atoms with Crippen molar-refractivity contribution in [3.63, 3.8) is 0 Å². The topological polar surface area (TPSA) is 252 Å². The third kappa shape index (κ3) is 10.1. The number of rotatable bonds is 18. The minimum Gasteiger partial charge on any atom is -0.502 e. The Balaban J connectivity index is 1.75. The lowest BCUT2D eigenvalue weighted by atomic mass is 9.95. The predicted octanol–water partition coefficient (Wildman–Crippen LogP) is -1.31. The van der Waals surface area contributed by atoms with Crippen molar-refractivity contribution in [1.82, 2.24) is 5.32 Å². The maximum atomic E-state index is 13.5. The van der Waals surface area contributed by atoms with Gasteiger partial charge in [-0.15, -0.1) is 0 Å². The number of benzene rings is 1. The van der Waals surface area contributed by atoms with Crippen LogP contribution >= 0.6 is 0 Å². The Kier molecular flexibility index (Phi) is 16.0. The number of phenolic OH excluding ortho intramolecular Hbond substituents is 1. The molecule has 2 fully saturated rings. The number of hydrogen-bond donors (Lipinski definition) is 8. The van der Waals surface area contributed by atoms with E-state index in [1.54, 1.807) is 0 Å². The number of carbonyl (C=O) groups is 2. The molecule has 17 heteroatoms. The molecule has 0 saturated carbocycles. The van der Waals surface area contributed by atoms with E-state index < -0.39 is 80.5 Å². The summed E-state index contributed by atoms with van der Waals surface area (Å²) in [4.78, 5) is 24.7. The number of carbonyl (C=O) groups excluding carboxylic acids is 2. The van der Waals surface area contributed by atoms with Crippen molar-refractivity contribution in [3.05, 3.63) is 17.7 Å². The molecule has 2 heterocycles. The molecule has 1 amide bonds. The van der Waals surface area contributed by atoms with Crippen LogP contribution in [-0.4, -0.2) is 150 Å². The van der Waals surface area contributed by atoms with E-state index in [1.807, 2.05) is 0 Å². The number of aliphatic hydroxyl groups excluding tert-OH is 6. The van der Waals surface area contributed by atoms with Crippen molar-refractivity contribution in [2.75, 3.05) is 41.2 Å². The SMILES string of the molecule is COC(=O)CCCCCCCCO[C@@H]1OC(CO)[C@H](OC2OC(CO)[C@@H](O)C(O)C2O)C(O)C1NC(=O)c1cc(OC)c(O)c(OC)c1. The largest absolute Gasteiger partial charge is 0.502 e. The highest BCUT2D eigenvalue weighted by atomic mass is 16.7. The average Bonchev–Trinajstić information content (AvgIpc) is 3.09. The minimum atomic E-state index is -1.81. The first-order valence-electron chi connectivity index (χ1n) is 15.9. The Morgan fingerprint density at radius 2 is 1.35 bits per heavy atom. The van der Waals surface area contributed by atoms with Crippen molar-refractivity contribution < 1.29 is 78.5 Å². The van der Waals surface area contributed by atoms with Crippen molar-refractivity contribution in [3.8, 4) is 17.2 Å². The van der Waals surface area contributed by atoms with Gasteiger partial charge < -0.3 is 74.2 Å². The van der Waals surface area contributed by atoms with Crippen LogP contribution in [0.5, 0.6) is 17.2 Å². The molecule has 3 rings (SSSR count). The number of ether oxygens (including phenoxy) is 7. The van der Waals surface area contributed by atoms with Crippen LogP contribution in [0.2, 0.25) is 0 Å². The molecular weight excluding hydrogens is 642 g/mol. The number of methoxy groups -OCH3 is 3. The molecule has 1 aromatic rings. The molecule has 274 valence electrons. The first-order chi connectivity index (χ1) is 23.0. The number of aliphatic hydroxyl groups is 6. The quantitative estimate of drug-likeness (QED) is 0.0657. The van der Waals surface area contributed by atoms with Crippen molar-refractivity contribution in [2.45, 2.75) is 106 Å². The van der Waals surface area contributed by atoms with Gasteiger partial charge in [0.05, 0.1) is 34.5 Å². The zero-order chi connectivity index (χ0) is 35.4. The summed E-state index contributed by atoms with van der Waals surface area (Å²) in [6.45, 7) is -1.26. The van der Waals surface area contributed by atoms with E-state index in [0.717, 1.165) is 32.1 Å². The molecule has 1 aromatic carbocycles. The fourth-order valence-electron chi connectivity index (χ4n) is 5.51. The Morgan fingerprint density at radius 3 is 1.94 bits per heavy atom. The second-order valence-corrected chi connectivity index (χ2v) is 11.6. The van der Waals surface area contributed by atoms with Crippen LogP contribution in [0, 0.1) is 0 Å². The number of aromatic hydroxyl groups is 1. The molecule has 2 aliphatic rings. The first kappa shape index (κ1) is 39.6. The van der Waals surface area contributed by atoms with E-state index in [2.05, 4.69) is 10.1 Å². The lowest BCUT2D eigenvalue weighted by Gasteiger charge is -2.47. The number of unbranched alkanes of at least 4 members (excludes halogenated alkanes) is 5.